The molecule has 0 radical (unpaired) electrons. The molecule has 27 heavy (non-hydrogen) atoms. The smallest absolute Gasteiger partial charge is 0.225 e. The van der Waals surface area contributed by atoms with Gasteiger partial charge in [0, 0.05) is 44.7 Å². The number of sulfone groups is 1. The lowest BCUT2D eigenvalue weighted by molar-refractivity contribution is -0.135. The van der Waals surface area contributed by atoms with E-state index in [1.54, 1.807) is 0 Å². The number of amides is 1. The molecule has 2 aliphatic rings. The molecule has 9 heteroatoms. The van der Waals surface area contributed by atoms with E-state index in [0.29, 0.717) is 32.1 Å². The van der Waals surface area contributed by atoms with Gasteiger partial charge in [-0.1, -0.05) is 20.8 Å². The number of halogens is 1. The van der Waals surface area contributed by atoms with E-state index in [1.807, 2.05) is 18.7 Å². The van der Waals surface area contributed by atoms with E-state index >= 15 is 0 Å². The van der Waals surface area contributed by atoms with Crippen LogP contribution in [0.5, 0.6) is 0 Å². The Morgan fingerprint density at radius 2 is 1.74 bits per heavy atom. The Morgan fingerprint density at radius 3 is 2.22 bits per heavy atom. The number of nitrogens with one attached hydrogen (secondary N) is 1. The van der Waals surface area contributed by atoms with Gasteiger partial charge in [0.15, 0.2) is 15.8 Å². The number of carbonyl (C=O) groups excluding carboxylic acids is 1. The SMILES string of the molecule is CCC(C)NC(=NCC1CCS(=O)(=O)C1)N1CCN(C(=O)C(C)C)CC1.I. The summed E-state index contributed by atoms with van der Waals surface area (Å²) in [5.74, 6) is 1.74. The lowest BCUT2D eigenvalue weighted by atomic mass is 10.1. The van der Waals surface area contributed by atoms with E-state index < -0.39 is 9.84 Å². The quantitative estimate of drug-likeness (QED) is 0.343. The first-order chi connectivity index (χ1) is 12.2. The molecule has 2 rings (SSSR count). The molecule has 0 bridgehead atoms. The van der Waals surface area contributed by atoms with Gasteiger partial charge in [0.1, 0.15) is 0 Å². The fourth-order valence-corrected chi connectivity index (χ4v) is 5.14. The molecule has 2 unspecified atom stereocenters. The predicted octanol–water partition coefficient (Wildman–Crippen LogP) is 1.58. The summed E-state index contributed by atoms with van der Waals surface area (Å²) in [7, 11) is -2.87. The molecule has 0 aromatic heterocycles. The number of aliphatic imine (C=N–C) groups is 1. The van der Waals surface area contributed by atoms with Gasteiger partial charge < -0.3 is 15.1 Å². The molecule has 7 nitrogen and oxygen atoms in total. The summed E-state index contributed by atoms with van der Waals surface area (Å²) in [6, 6.07) is 0.302. The highest BCUT2D eigenvalue weighted by Gasteiger charge is 2.29. The van der Waals surface area contributed by atoms with Crippen molar-refractivity contribution in [3.8, 4) is 0 Å². The number of rotatable bonds is 5. The second-order valence-electron chi connectivity index (χ2n) is 7.85. The first-order valence-corrected chi connectivity index (χ1v) is 11.6. The number of nitrogens with zero attached hydrogens (tertiary/aromatic N) is 3. The van der Waals surface area contributed by atoms with Gasteiger partial charge in [-0.15, -0.1) is 24.0 Å². The van der Waals surface area contributed by atoms with Crippen LogP contribution >= 0.6 is 24.0 Å². The van der Waals surface area contributed by atoms with E-state index in [0.717, 1.165) is 25.5 Å². The number of hydrogen-bond donors (Lipinski definition) is 1. The molecule has 2 aliphatic heterocycles. The molecular weight excluding hydrogens is 479 g/mol. The van der Waals surface area contributed by atoms with Crippen LogP contribution in [-0.2, 0) is 14.6 Å². The van der Waals surface area contributed by atoms with Gasteiger partial charge in [-0.3, -0.25) is 9.79 Å². The maximum absolute atomic E-state index is 12.2. The molecule has 0 aliphatic carbocycles. The van der Waals surface area contributed by atoms with Crippen LogP contribution in [0.2, 0.25) is 0 Å². The van der Waals surface area contributed by atoms with Crippen molar-refractivity contribution in [2.45, 2.75) is 46.6 Å². The molecule has 0 aromatic rings. The minimum Gasteiger partial charge on any atom is -0.354 e. The van der Waals surface area contributed by atoms with E-state index in [4.69, 9.17) is 4.99 Å². The summed E-state index contributed by atoms with van der Waals surface area (Å²) >= 11 is 0. The minimum atomic E-state index is -2.87. The highest BCUT2D eigenvalue weighted by atomic mass is 127. The van der Waals surface area contributed by atoms with Crippen LogP contribution in [-0.4, -0.2) is 80.4 Å². The van der Waals surface area contributed by atoms with Crippen LogP contribution in [0.3, 0.4) is 0 Å². The first-order valence-electron chi connectivity index (χ1n) is 9.77. The van der Waals surface area contributed by atoms with Gasteiger partial charge in [-0.05, 0) is 25.7 Å². The van der Waals surface area contributed by atoms with Crippen molar-refractivity contribution < 1.29 is 13.2 Å². The third-order valence-corrected chi connectivity index (χ3v) is 7.04. The second-order valence-corrected chi connectivity index (χ2v) is 10.1. The van der Waals surface area contributed by atoms with Crippen molar-refractivity contribution in [1.82, 2.24) is 15.1 Å². The summed E-state index contributed by atoms with van der Waals surface area (Å²) < 4.78 is 23.3. The van der Waals surface area contributed by atoms with Crippen LogP contribution in [0.15, 0.2) is 4.99 Å². The van der Waals surface area contributed by atoms with Crippen molar-refractivity contribution in [1.29, 1.82) is 0 Å². The van der Waals surface area contributed by atoms with Crippen molar-refractivity contribution in [3.05, 3.63) is 0 Å². The molecular formula is C18H35IN4O3S. The van der Waals surface area contributed by atoms with Gasteiger partial charge in [-0.2, -0.15) is 0 Å². The third kappa shape index (κ3) is 7.40. The lowest BCUT2D eigenvalue weighted by Gasteiger charge is -2.38. The molecule has 2 atom stereocenters. The predicted molar refractivity (Wildman–Crippen MR) is 120 cm³/mol. The Hall–Kier alpha value is -0.580. The van der Waals surface area contributed by atoms with Crippen LogP contribution in [0.4, 0.5) is 0 Å². The Labute approximate surface area is 181 Å². The van der Waals surface area contributed by atoms with Gasteiger partial charge in [0.25, 0.3) is 0 Å². The molecule has 2 saturated heterocycles. The molecule has 1 amide bonds. The fraction of sp³-hybridized carbons (Fsp3) is 0.889. The van der Waals surface area contributed by atoms with Crippen LogP contribution in [0.1, 0.15) is 40.5 Å². The molecule has 1 N–H and O–H groups in total. The Morgan fingerprint density at radius 1 is 1.15 bits per heavy atom. The van der Waals surface area contributed by atoms with Gasteiger partial charge >= 0.3 is 0 Å². The van der Waals surface area contributed by atoms with E-state index in [-0.39, 0.29) is 53.2 Å². The number of guanidine groups is 1. The summed E-state index contributed by atoms with van der Waals surface area (Å²) in [5.41, 5.74) is 0. The van der Waals surface area contributed by atoms with Gasteiger partial charge in [0.05, 0.1) is 11.5 Å². The maximum Gasteiger partial charge on any atom is 0.225 e. The summed E-state index contributed by atoms with van der Waals surface area (Å²) in [5, 5.41) is 3.47. The fourth-order valence-electron chi connectivity index (χ4n) is 3.29. The standard InChI is InChI=1S/C18H34N4O3S.HI/c1-5-15(4)20-18(19-12-16-6-11-26(24,25)13-16)22-9-7-21(8-10-22)17(23)14(2)3;/h14-16H,5-13H2,1-4H3,(H,19,20);1H. The summed E-state index contributed by atoms with van der Waals surface area (Å²) in [6.07, 6.45) is 1.70. The van der Waals surface area contributed by atoms with Crippen molar-refractivity contribution in [3.63, 3.8) is 0 Å². The van der Waals surface area contributed by atoms with E-state index in [9.17, 15) is 13.2 Å². The first kappa shape index (κ1) is 24.5. The monoisotopic (exact) mass is 514 g/mol. The highest BCUT2D eigenvalue weighted by molar-refractivity contribution is 14.0. The molecule has 0 saturated carbocycles. The van der Waals surface area contributed by atoms with Crippen LogP contribution in [0.25, 0.3) is 0 Å². The summed E-state index contributed by atoms with van der Waals surface area (Å²) in [6.45, 7) is 11.6. The van der Waals surface area contributed by atoms with E-state index in [1.165, 1.54) is 0 Å². The normalized spacial score (nSPS) is 23.9. The van der Waals surface area contributed by atoms with Gasteiger partial charge in [-0.25, -0.2) is 8.42 Å². The topological polar surface area (TPSA) is 82.1 Å². The highest BCUT2D eigenvalue weighted by Crippen LogP contribution is 2.19. The summed E-state index contributed by atoms with van der Waals surface area (Å²) in [4.78, 5) is 21.0. The average Bonchev–Trinajstić information content (AvgIpc) is 2.96. The number of piperazine rings is 1. The zero-order chi connectivity index (χ0) is 19.3. The van der Waals surface area contributed by atoms with Crippen LogP contribution < -0.4 is 5.32 Å². The molecule has 0 spiro atoms. The third-order valence-electron chi connectivity index (χ3n) is 5.20. The molecule has 0 aromatic carbocycles. The largest absolute Gasteiger partial charge is 0.354 e. The molecule has 2 heterocycles. The Balaban J connectivity index is 0.00000364. The van der Waals surface area contributed by atoms with Crippen LogP contribution in [0, 0.1) is 11.8 Å². The van der Waals surface area contributed by atoms with Gasteiger partial charge in [0.2, 0.25) is 5.91 Å². The van der Waals surface area contributed by atoms with Crippen molar-refractivity contribution in [2.75, 3.05) is 44.2 Å². The molecule has 158 valence electrons. The zero-order valence-electron chi connectivity index (χ0n) is 17.0. The Bertz CT molecular complexity index is 616. The average molecular weight is 514 g/mol. The number of hydrogen-bond acceptors (Lipinski definition) is 4. The van der Waals surface area contributed by atoms with Crippen molar-refractivity contribution >= 4 is 45.7 Å². The Kier molecular flexibility index (Phi) is 9.81. The zero-order valence-corrected chi connectivity index (χ0v) is 20.1. The maximum atomic E-state index is 12.2. The van der Waals surface area contributed by atoms with Crippen molar-refractivity contribution in [2.24, 2.45) is 16.8 Å². The second kappa shape index (κ2) is 10.8. The molecule has 2 fully saturated rings. The lowest BCUT2D eigenvalue weighted by Crippen LogP contribution is -2.55. The van der Waals surface area contributed by atoms with E-state index in [2.05, 4.69) is 24.1 Å². The number of carbonyl (C=O) groups is 1. The minimum absolute atomic E-state index is 0.